The van der Waals surface area contributed by atoms with Gasteiger partial charge in [0, 0.05) is 17.0 Å². The molecule has 0 heterocycles. The van der Waals surface area contributed by atoms with Gasteiger partial charge in [0.05, 0.1) is 5.60 Å². The first-order valence-corrected chi connectivity index (χ1v) is 9.10. The van der Waals surface area contributed by atoms with Crippen molar-refractivity contribution in [1.29, 1.82) is 0 Å². The van der Waals surface area contributed by atoms with E-state index >= 15 is 0 Å². The number of hydrogen-bond acceptors (Lipinski definition) is 2. The van der Waals surface area contributed by atoms with Crippen LogP contribution in [0.3, 0.4) is 0 Å². The van der Waals surface area contributed by atoms with Gasteiger partial charge in [-0.2, -0.15) is 0 Å². The van der Waals surface area contributed by atoms with Gasteiger partial charge in [-0.3, -0.25) is 0 Å². The van der Waals surface area contributed by atoms with E-state index in [9.17, 15) is 5.11 Å². The summed E-state index contributed by atoms with van der Waals surface area (Å²) < 4.78 is 0. The third-order valence-electron chi connectivity index (χ3n) is 5.34. The number of halogens is 1. The fraction of sp³-hybridized carbons (Fsp3) is 0.429. The second-order valence-corrected chi connectivity index (χ2v) is 7.54. The van der Waals surface area contributed by atoms with Gasteiger partial charge in [0.25, 0.3) is 0 Å². The monoisotopic (exact) mass is 343 g/mol. The third kappa shape index (κ3) is 3.37. The molecule has 1 aliphatic carbocycles. The molecule has 1 N–H and O–H groups in total. The van der Waals surface area contributed by atoms with E-state index in [-0.39, 0.29) is 12.0 Å². The fourth-order valence-electron chi connectivity index (χ4n) is 4.27. The van der Waals surface area contributed by atoms with Gasteiger partial charge in [-0.1, -0.05) is 66.9 Å². The Morgan fingerprint density at radius 2 is 1.83 bits per heavy atom. The van der Waals surface area contributed by atoms with Gasteiger partial charge in [0.15, 0.2) is 0 Å². The summed E-state index contributed by atoms with van der Waals surface area (Å²) in [7, 11) is 4.18. The third-order valence-corrected chi connectivity index (χ3v) is 5.57. The van der Waals surface area contributed by atoms with E-state index in [1.807, 2.05) is 36.4 Å². The lowest BCUT2D eigenvalue weighted by atomic mass is 9.67. The molecule has 3 heteroatoms. The normalized spacial score (nSPS) is 25.6. The molecule has 0 bridgehead atoms. The summed E-state index contributed by atoms with van der Waals surface area (Å²) >= 11 is 6.24. The number of rotatable bonds is 4. The van der Waals surface area contributed by atoms with Crippen molar-refractivity contribution in [1.82, 2.24) is 4.90 Å². The number of hydrogen-bond donors (Lipinski definition) is 1. The van der Waals surface area contributed by atoms with Crippen molar-refractivity contribution in [3.8, 4) is 0 Å². The SMILES string of the molecule is CN(C)C(c1cccc(Cl)c1)C1CCCCC1(O)c1ccccc1. The Morgan fingerprint density at radius 1 is 1.08 bits per heavy atom. The first kappa shape index (κ1) is 17.5. The van der Waals surface area contributed by atoms with Crippen LogP contribution < -0.4 is 0 Å². The highest BCUT2D eigenvalue weighted by atomic mass is 35.5. The summed E-state index contributed by atoms with van der Waals surface area (Å²) in [5.41, 5.74) is 1.41. The van der Waals surface area contributed by atoms with E-state index in [0.29, 0.717) is 0 Å². The Hall–Kier alpha value is -1.35. The average Bonchev–Trinajstić information content (AvgIpc) is 2.57. The number of benzene rings is 2. The second kappa shape index (κ2) is 7.26. The largest absolute Gasteiger partial charge is 0.385 e. The molecule has 1 saturated carbocycles. The minimum Gasteiger partial charge on any atom is -0.385 e. The average molecular weight is 344 g/mol. The molecule has 128 valence electrons. The predicted molar refractivity (Wildman–Crippen MR) is 100 cm³/mol. The molecule has 0 saturated heterocycles. The Labute approximate surface area is 150 Å². The first-order valence-electron chi connectivity index (χ1n) is 8.72. The lowest BCUT2D eigenvalue weighted by Gasteiger charge is -2.46. The van der Waals surface area contributed by atoms with Crippen LogP contribution in [-0.4, -0.2) is 24.1 Å². The van der Waals surface area contributed by atoms with Crippen molar-refractivity contribution < 1.29 is 5.11 Å². The van der Waals surface area contributed by atoms with Crippen LogP contribution in [0, 0.1) is 5.92 Å². The summed E-state index contributed by atoms with van der Waals surface area (Å²) in [5.74, 6) is 0.141. The molecule has 1 aliphatic rings. The molecular weight excluding hydrogens is 318 g/mol. The Kier molecular flexibility index (Phi) is 5.29. The molecule has 0 aromatic heterocycles. The summed E-state index contributed by atoms with van der Waals surface area (Å²) in [6.07, 6.45) is 4.05. The number of nitrogens with zero attached hydrogens (tertiary/aromatic N) is 1. The highest BCUT2D eigenvalue weighted by molar-refractivity contribution is 6.30. The van der Waals surface area contributed by atoms with E-state index in [4.69, 9.17) is 11.6 Å². The van der Waals surface area contributed by atoms with Crippen LogP contribution >= 0.6 is 11.6 Å². The zero-order valence-corrected chi connectivity index (χ0v) is 15.2. The predicted octanol–water partition coefficient (Wildman–Crippen LogP) is 5.02. The van der Waals surface area contributed by atoms with Crippen LogP contribution in [0.2, 0.25) is 5.02 Å². The maximum atomic E-state index is 11.7. The van der Waals surface area contributed by atoms with E-state index in [2.05, 4.69) is 37.2 Å². The van der Waals surface area contributed by atoms with Gasteiger partial charge in [-0.05, 0) is 50.2 Å². The molecule has 3 atom stereocenters. The van der Waals surface area contributed by atoms with Gasteiger partial charge in [0.1, 0.15) is 0 Å². The molecular formula is C21H26ClNO. The standard InChI is InChI=1S/C21H26ClNO/c1-23(2)20(16-9-8-12-18(22)15-16)19-13-6-7-14-21(19,24)17-10-4-3-5-11-17/h3-5,8-12,15,19-20,24H,6-7,13-14H2,1-2H3. The summed E-state index contributed by atoms with van der Waals surface area (Å²) in [6, 6.07) is 18.3. The van der Waals surface area contributed by atoms with E-state index in [0.717, 1.165) is 36.3 Å². The second-order valence-electron chi connectivity index (χ2n) is 7.11. The van der Waals surface area contributed by atoms with Crippen molar-refractivity contribution in [2.24, 2.45) is 5.92 Å². The summed E-state index contributed by atoms with van der Waals surface area (Å²) in [4.78, 5) is 2.22. The first-order chi connectivity index (χ1) is 11.5. The van der Waals surface area contributed by atoms with Crippen molar-refractivity contribution in [3.05, 3.63) is 70.7 Å². The molecule has 2 aromatic rings. The minimum atomic E-state index is -0.795. The lowest BCUT2D eigenvalue weighted by molar-refractivity contribution is -0.0837. The highest BCUT2D eigenvalue weighted by Crippen LogP contribution is 2.49. The maximum absolute atomic E-state index is 11.7. The lowest BCUT2D eigenvalue weighted by Crippen LogP contribution is -2.45. The molecule has 2 aromatic carbocycles. The summed E-state index contributed by atoms with van der Waals surface area (Å²) in [6.45, 7) is 0. The van der Waals surface area contributed by atoms with Gasteiger partial charge >= 0.3 is 0 Å². The smallest absolute Gasteiger partial charge is 0.0942 e. The van der Waals surface area contributed by atoms with Crippen molar-refractivity contribution in [3.63, 3.8) is 0 Å². The zero-order valence-electron chi connectivity index (χ0n) is 14.5. The molecule has 3 rings (SSSR count). The number of aliphatic hydroxyl groups is 1. The van der Waals surface area contributed by atoms with Crippen molar-refractivity contribution in [2.45, 2.75) is 37.3 Å². The molecule has 0 spiro atoms. The van der Waals surface area contributed by atoms with E-state index in [1.165, 1.54) is 5.56 Å². The molecule has 0 amide bonds. The van der Waals surface area contributed by atoms with Crippen LogP contribution in [0.25, 0.3) is 0 Å². The Balaban J connectivity index is 2.04. The van der Waals surface area contributed by atoms with Crippen LogP contribution in [0.4, 0.5) is 0 Å². The van der Waals surface area contributed by atoms with Crippen LogP contribution in [0.15, 0.2) is 54.6 Å². The molecule has 3 unspecified atom stereocenters. The maximum Gasteiger partial charge on any atom is 0.0942 e. The molecule has 1 fully saturated rings. The minimum absolute atomic E-state index is 0.134. The van der Waals surface area contributed by atoms with Crippen molar-refractivity contribution >= 4 is 11.6 Å². The van der Waals surface area contributed by atoms with Crippen LogP contribution in [0.5, 0.6) is 0 Å². The van der Waals surface area contributed by atoms with Crippen LogP contribution in [0.1, 0.15) is 42.9 Å². The summed E-state index contributed by atoms with van der Waals surface area (Å²) in [5, 5.41) is 12.4. The highest BCUT2D eigenvalue weighted by Gasteiger charge is 2.45. The molecule has 24 heavy (non-hydrogen) atoms. The van der Waals surface area contributed by atoms with E-state index < -0.39 is 5.60 Å². The molecule has 0 radical (unpaired) electrons. The van der Waals surface area contributed by atoms with Crippen molar-refractivity contribution in [2.75, 3.05) is 14.1 Å². The van der Waals surface area contributed by atoms with Crippen LogP contribution in [-0.2, 0) is 5.60 Å². The quantitative estimate of drug-likeness (QED) is 0.842. The Bertz CT molecular complexity index is 673. The topological polar surface area (TPSA) is 23.5 Å². The van der Waals surface area contributed by atoms with Gasteiger partial charge in [0.2, 0.25) is 0 Å². The Morgan fingerprint density at radius 3 is 2.50 bits per heavy atom. The fourth-order valence-corrected chi connectivity index (χ4v) is 4.47. The molecule has 2 nitrogen and oxygen atoms in total. The zero-order chi connectivity index (χ0) is 17.2. The van der Waals surface area contributed by atoms with Gasteiger partial charge in [-0.25, -0.2) is 0 Å². The van der Waals surface area contributed by atoms with Gasteiger partial charge < -0.3 is 10.0 Å². The van der Waals surface area contributed by atoms with E-state index in [1.54, 1.807) is 0 Å². The molecule has 0 aliphatic heterocycles. The van der Waals surface area contributed by atoms with Gasteiger partial charge in [-0.15, -0.1) is 0 Å².